The summed E-state index contributed by atoms with van der Waals surface area (Å²) in [6, 6.07) is 99.1. The molecule has 1 aliphatic rings. The van der Waals surface area contributed by atoms with Crippen LogP contribution >= 0.6 is 0 Å². The van der Waals surface area contributed by atoms with Crippen molar-refractivity contribution in [3.05, 3.63) is 332 Å². The van der Waals surface area contributed by atoms with Gasteiger partial charge in [0.25, 0.3) is 0 Å². The molecule has 0 unspecified atom stereocenters. The molecule has 78 heavy (non-hydrogen) atoms. The Balaban J connectivity index is 0.863. The van der Waals surface area contributed by atoms with Crippen molar-refractivity contribution in [2.75, 3.05) is 9.80 Å². The lowest BCUT2D eigenvalue weighted by Crippen LogP contribution is -2.28. The summed E-state index contributed by atoms with van der Waals surface area (Å²) in [6.45, 7) is 0. The normalized spacial score (nSPS) is 13.2. The van der Waals surface area contributed by atoms with E-state index in [4.69, 9.17) is 0 Å². The molecule has 0 N–H and O–H groups in total. The average molecular weight is 998 g/mol. The molecule has 0 fully saturated rings. The molecule has 0 bridgehead atoms. The first-order valence-electron chi connectivity index (χ1n) is 28.6. The minimum atomic E-state index is -0.586. The second-order valence-corrected chi connectivity index (χ2v) is 20.1. The standard InChI is InChI=1S/C75H51N3/c1-5-22-57(23-6-1)75(58-24-7-2-8-25-58)70-33-17-15-31-66(70)67-46-44-63(50-71(67)75)77(72-35-19-21-53-20-13-14-30-65(53)72)62-43-40-55-48-54(36-37-56(55)49-62)52-38-41-61(42-39-52)76(59-26-9-3-10-27-59)64-45-47-69-68-32-16-18-34-73(68)78(74(69)51-64)60-28-11-4-12-29-60/h1-51H/i38D,39D,41D,42D. The maximum atomic E-state index is 9.80. The Morgan fingerprint density at radius 3 is 1.65 bits per heavy atom. The Bertz CT molecular complexity index is 4740. The highest BCUT2D eigenvalue weighted by Crippen LogP contribution is 2.57. The van der Waals surface area contributed by atoms with E-state index < -0.39 is 5.41 Å². The van der Waals surface area contributed by atoms with Crippen molar-refractivity contribution in [1.82, 2.24) is 4.57 Å². The maximum Gasteiger partial charge on any atom is 0.0714 e. The molecule has 15 rings (SSSR count). The number of fused-ring (bicyclic) bond motifs is 8. The van der Waals surface area contributed by atoms with Gasteiger partial charge in [-0.3, -0.25) is 0 Å². The summed E-state index contributed by atoms with van der Waals surface area (Å²) in [5.41, 5.74) is 15.2. The van der Waals surface area contributed by atoms with Gasteiger partial charge >= 0.3 is 0 Å². The fourth-order valence-electron chi connectivity index (χ4n) is 12.4. The van der Waals surface area contributed by atoms with E-state index >= 15 is 0 Å². The molecule has 0 amide bonds. The smallest absolute Gasteiger partial charge is 0.0714 e. The van der Waals surface area contributed by atoms with E-state index in [2.05, 4.69) is 222 Å². The Hall–Kier alpha value is -10.2. The van der Waals surface area contributed by atoms with E-state index in [1.165, 1.54) is 33.4 Å². The van der Waals surface area contributed by atoms with Crippen molar-refractivity contribution in [2.45, 2.75) is 5.41 Å². The minimum absolute atomic E-state index is 0.115. The molecule has 0 atom stereocenters. The largest absolute Gasteiger partial charge is 0.310 e. The van der Waals surface area contributed by atoms with Gasteiger partial charge in [0, 0.05) is 50.3 Å². The van der Waals surface area contributed by atoms with Crippen molar-refractivity contribution in [1.29, 1.82) is 0 Å². The minimum Gasteiger partial charge on any atom is -0.310 e. The van der Waals surface area contributed by atoms with Crippen LogP contribution in [0.15, 0.2) is 309 Å². The molecule has 1 aliphatic carbocycles. The SMILES string of the molecule is [2H]c1c([2H])c(N(c2ccccc2)c2ccc3c4ccccc4n(-c4ccccc4)c3c2)c([2H])c([2H])c1-c1ccc2cc(N(c3ccc4c(c3)C(c3ccccc3)(c3ccccc3)c3ccccc3-4)c3cccc4ccccc34)ccc2c1. The Labute approximate surface area is 460 Å². The van der Waals surface area contributed by atoms with E-state index in [1.807, 2.05) is 77.7 Å². The van der Waals surface area contributed by atoms with Gasteiger partial charge in [-0.25, -0.2) is 0 Å². The van der Waals surface area contributed by atoms with E-state index in [1.54, 1.807) is 0 Å². The Morgan fingerprint density at radius 1 is 0.308 bits per heavy atom. The van der Waals surface area contributed by atoms with Crippen LogP contribution in [0.5, 0.6) is 0 Å². The van der Waals surface area contributed by atoms with Crippen LogP contribution < -0.4 is 9.80 Å². The topological polar surface area (TPSA) is 11.4 Å². The summed E-state index contributed by atoms with van der Waals surface area (Å²) in [5, 5.41) is 6.31. The van der Waals surface area contributed by atoms with Crippen LogP contribution in [0.1, 0.15) is 27.7 Å². The molecule has 0 aliphatic heterocycles. The van der Waals surface area contributed by atoms with Gasteiger partial charge in [0.05, 0.1) is 27.6 Å². The second-order valence-electron chi connectivity index (χ2n) is 20.1. The first kappa shape index (κ1) is 41.1. The molecule has 3 nitrogen and oxygen atoms in total. The Morgan fingerprint density at radius 2 is 0.872 bits per heavy atom. The first-order chi connectivity index (χ1) is 40.4. The summed E-state index contributed by atoms with van der Waals surface area (Å²) >= 11 is 0. The highest BCUT2D eigenvalue weighted by Gasteiger charge is 2.46. The van der Waals surface area contributed by atoms with Crippen molar-refractivity contribution in [3.8, 4) is 27.9 Å². The van der Waals surface area contributed by atoms with Crippen LogP contribution in [0.2, 0.25) is 0 Å². The summed E-state index contributed by atoms with van der Waals surface area (Å²) in [7, 11) is 0. The number of aromatic nitrogens is 1. The summed E-state index contributed by atoms with van der Waals surface area (Å²) in [6.07, 6.45) is 0. The number of hydrogen-bond acceptors (Lipinski definition) is 2. The molecule has 3 heteroatoms. The molecule has 0 saturated carbocycles. The van der Waals surface area contributed by atoms with Gasteiger partial charge in [-0.15, -0.1) is 0 Å². The van der Waals surface area contributed by atoms with Crippen LogP contribution in [0.4, 0.5) is 34.1 Å². The number of hydrogen-bond donors (Lipinski definition) is 0. The molecular formula is C75H51N3. The van der Waals surface area contributed by atoms with E-state index in [0.29, 0.717) is 16.9 Å². The van der Waals surface area contributed by atoms with Crippen LogP contribution in [-0.2, 0) is 5.41 Å². The van der Waals surface area contributed by atoms with Gasteiger partial charge in [-0.1, -0.05) is 218 Å². The zero-order valence-corrected chi connectivity index (χ0v) is 42.5. The van der Waals surface area contributed by atoms with Crippen LogP contribution in [-0.4, -0.2) is 4.57 Å². The fourth-order valence-corrected chi connectivity index (χ4v) is 12.4. The molecule has 0 saturated heterocycles. The van der Waals surface area contributed by atoms with Gasteiger partial charge in [0.15, 0.2) is 0 Å². The molecule has 13 aromatic carbocycles. The second kappa shape index (κ2) is 18.6. The molecule has 0 radical (unpaired) electrons. The fraction of sp³-hybridized carbons (Fsp3) is 0.0133. The van der Waals surface area contributed by atoms with Gasteiger partial charge in [0.2, 0.25) is 0 Å². The van der Waals surface area contributed by atoms with Gasteiger partial charge in [0.1, 0.15) is 0 Å². The lowest BCUT2D eigenvalue weighted by Gasteiger charge is -2.35. The lowest BCUT2D eigenvalue weighted by atomic mass is 9.67. The summed E-state index contributed by atoms with van der Waals surface area (Å²) in [5.74, 6) is 0. The molecule has 366 valence electrons. The van der Waals surface area contributed by atoms with Crippen molar-refractivity contribution >= 4 is 77.5 Å². The third kappa shape index (κ3) is 7.28. The van der Waals surface area contributed by atoms with Crippen LogP contribution in [0.3, 0.4) is 0 Å². The number of para-hydroxylation sites is 3. The molecule has 0 spiro atoms. The zero-order valence-electron chi connectivity index (χ0n) is 46.5. The van der Waals surface area contributed by atoms with E-state index in [-0.39, 0.29) is 35.4 Å². The first-order valence-corrected chi connectivity index (χ1v) is 26.6. The number of rotatable bonds is 10. The van der Waals surface area contributed by atoms with Crippen molar-refractivity contribution in [3.63, 3.8) is 0 Å². The van der Waals surface area contributed by atoms with Gasteiger partial charge in [-0.2, -0.15) is 0 Å². The quantitative estimate of drug-likeness (QED) is 0.135. The lowest BCUT2D eigenvalue weighted by molar-refractivity contribution is 0.768. The summed E-state index contributed by atoms with van der Waals surface area (Å²) in [4.78, 5) is 4.24. The molecule has 1 aromatic heterocycles. The maximum absolute atomic E-state index is 9.80. The van der Waals surface area contributed by atoms with Crippen molar-refractivity contribution < 1.29 is 5.48 Å². The average Bonchev–Trinajstić information content (AvgIpc) is 2.60. The molecule has 1 heterocycles. The zero-order chi connectivity index (χ0) is 55.1. The highest BCUT2D eigenvalue weighted by atomic mass is 15.2. The van der Waals surface area contributed by atoms with Crippen molar-refractivity contribution in [2.24, 2.45) is 0 Å². The molecular weight excluding hydrogens is 943 g/mol. The third-order valence-electron chi connectivity index (χ3n) is 15.9. The van der Waals surface area contributed by atoms with E-state index in [9.17, 15) is 5.48 Å². The molecule has 14 aromatic rings. The van der Waals surface area contributed by atoms with E-state index in [0.717, 1.165) is 66.1 Å². The number of benzene rings is 13. The highest BCUT2D eigenvalue weighted by molar-refractivity contribution is 6.10. The third-order valence-corrected chi connectivity index (χ3v) is 15.9. The monoisotopic (exact) mass is 997 g/mol. The van der Waals surface area contributed by atoms with Gasteiger partial charge < -0.3 is 14.4 Å². The van der Waals surface area contributed by atoms with Crippen LogP contribution in [0.25, 0.3) is 71.3 Å². The number of anilines is 6. The van der Waals surface area contributed by atoms with Gasteiger partial charge in [-0.05, 0) is 152 Å². The predicted octanol–water partition coefficient (Wildman–Crippen LogP) is 20.1. The predicted molar refractivity (Wildman–Crippen MR) is 328 cm³/mol. The Kier molecular flexibility index (Phi) is 9.77. The van der Waals surface area contributed by atoms with Crippen LogP contribution in [0, 0.1) is 0 Å². The number of nitrogens with zero attached hydrogens (tertiary/aromatic N) is 3. The summed E-state index contributed by atoms with van der Waals surface area (Å²) < 4.78 is 41.3.